The Balaban J connectivity index is 1.32. The topological polar surface area (TPSA) is 24.5 Å². The molecule has 3 aliphatic rings. The first kappa shape index (κ1) is 11.9. The molecule has 1 saturated carbocycles. The van der Waals surface area contributed by atoms with Crippen molar-refractivity contribution in [2.24, 2.45) is 11.8 Å². The van der Waals surface area contributed by atoms with Crippen molar-refractivity contribution in [2.75, 3.05) is 39.3 Å². The highest BCUT2D eigenvalue weighted by atomic mass is 16.5. The van der Waals surface area contributed by atoms with Crippen molar-refractivity contribution in [3.05, 3.63) is 0 Å². The first-order valence-electron chi connectivity index (χ1n) is 7.46. The molecule has 98 valence electrons. The number of fused-ring (bicyclic) bond motifs is 1. The van der Waals surface area contributed by atoms with E-state index in [2.05, 4.69) is 10.2 Å². The lowest BCUT2D eigenvalue weighted by Gasteiger charge is -2.24. The smallest absolute Gasteiger partial charge is 0.0600 e. The van der Waals surface area contributed by atoms with Gasteiger partial charge in [-0.15, -0.1) is 0 Å². The van der Waals surface area contributed by atoms with Crippen LogP contribution >= 0.6 is 0 Å². The molecule has 0 aromatic heterocycles. The molecule has 3 fully saturated rings. The zero-order valence-electron chi connectivity index (χ0n) is 10.9. The fraction of sp³-hybridized carbons (Fsp3) is 1.00. The van der Waals surface area contributed by atoms with Gasteiger partial charge < -0.3 is 15.0 Å². The summed E-state index contributed by atoms with van der Waals surface area (Å²) in [5, 5.41) is 3.38. The van der Waals surface area contributed by atoms with Crippen LogP contribution in [0.5, 0.6) is 0 Å². The molecule has 1 aliphatic carbocycles. The van der Waals surface area contributed by atoms with E-state index in [-0.39, 0.29) is 0 Å². The highest BCUT2D eigenvalue weighted by molar-refractivity contribution is 4.88. The van der Waals surface area contributed by atoms with Gasteiger partial charge in [-0.05, 0) is 50.6 Å². The van der Waals surface area contributed by atoms with Crippen LogP contribution in [0.25, 0.3) is 0 Å². The molecule has 0 aromatic rings. The van der Waals surface area contributed by atoms with Gasteiger partial charge in [-0.2, -0.15) is 0 Å². The molecule has 0 radical (unpaired) electrons. The van der Waals surface area contributed by atoms with Gasteiger partial charge in [-0.25, -0.2) is 0 Å². The summed E-state index contributed by atoms with van der Waals surface area (Å²) in [5.41, 5.74) is 0. The van der Waals surface area contributed by atoms with Gasteiger partial charge in [0.15, 0.2) is 0 Å². The summed E-state index contributed by atoms with van der Waals surface area (Å²) < 4.78 is 5.99. The fourth-order valence-corrected chi connectivity index (χ4v) is 3.83. The van der Waals surface area contributed by atoms with E-state index in [9.17, 15) is 0 Å². The molecular formula is C14H26N2O. The SMILES string of the molecule is C1CC2CN(CCOC3CCNCC3)CC2C1. The number of hydrogen-bond donors (Lipinski definition) is 1. The lowest BCUT2D eigenvalue weighted by Crippen LogP contribution is -2.34. The van der Waals surface area contributed by atoms with Crippen molar-refractivity contribution in [1.29, 1.82) is 0 Å². The molecule has 3 heteroatoms. The Kier molecular flexibility index (Phi) is 3.99. The molecule has 0 amide bonds. The van der Waals surface area contributed by atoms with Gasteiger partial charge in [0, 0.05) is 19.6 Å². The van der Waals surface area contributed by atoms with E-state index in [1.165, 1.54) is 45.2 Å². The van der Waals surface area contributed by atoms with Crippen LogP contribution < -0.4 is 5.32 Å². The maximum Gasteiger partial charge on any atom is 0.0600 e. The molecule has 2 heterocycles. The Hall–Kier alpha value is -0.120. The summed E-state index contributed by atoms with van der Waals surface area (Å²) in [6.45, 7) is 7.08. The van der Waals surface area contributed by atoms with Crippen LogP contribution in [0.2, 0.25) is 0 Å². The first-order valence-corrected chi connectivity index (χ1v) is 7.46. The number of ether oxygens (including phenoxy) is 1. The number of hydrogen-bond acceptors (Lipinski definition) is 3. The third kappa shape index (κ3) is 3.01. The largest absolute Gasteiger partial charge is 0.377 e. The highest BCUT2D eigenvalue weighted by Gasteiger charge is 2.35. The Labute approximate surface area is 105 Å². The molecule has 0 bridgehead atoms. The molecular weight excluding hydrogens is 212 g/mol. The second-order valence-electron chi connectivity index (χ2n) is 6.03. The van der Waals surface area contributed by atoms with Crippen molar-refractivity contribution in [1.82, 2.24) is 10.2 Å². The minimum atomic E-state index is 0.526. The van der Waals surface area contributed by atoms with Crippen LogP contribution in [-0.4, -0.2) is 50.3 Å². The number of piperidine rings is 1. The summed E-state index contributed by atoms with van der Waals surface area (Å²) in [4.78, 5) is 2.63. The number of nitrogens with one attached hydrogen (secondary N) is 1. The van der Waals surface area contributed by atoms with E-state index in [0.29, 0.717) is 6.10 Å². The van der Waals surface area contributed by atoms with Crippen molar-refractivity contribution >= 4 is 0 Å². The van der Waals surface area contributed by atoms with Gasteiger partial charge in [-0.3, -0.25) is 0 Å². The van der Waals surface area contributed by atoms with Gasteiger partial charge in [0.25, 0.3) is 0 Å². The predicted octanol–water partition coefficient (Wildman–Crippen LogP) is 1.49. The molecule has 2 unspecified atom stereocenters. The molecule has 17 heavy (non-hydrogen) atoms. The summed E-state index contributed by atoms with van der Waals surface area (Å²) in [6, 6.07) is 0. The van der Waals surface area contributed by atoms with Gasteiger partial charge in [-0.1, -0.05) is 6.42 Å². The van der Waals surface area contributed by atoms with Crippen molar-refractivity contribution in [3.8, 4) is 0 Å². The van der Waals surface area contributed by atoms with Crippen LogP contribution in [0, 0.1) is 11.8 Å². The van der Waals surface area contributed by atoms with E-state index in [4.69, 9.17) is 4.74 Å². The minimum absolute atomic E-state index is 0.526. The lowest BCUT2D eigenvalue weighted by atomic mass is 10.0. The number of rotatable bonds is 4. The van der Waals surface area contributed by atoms with E-state index < -0.39 is 0 Å². The van der Waals surface area contributed by atoms with Gasteiger partial charge >= 0.3 is 0 Å². The van der Waals surface area contributed by atoms with Crippen LogP contribution in [0.1, 0.15) is 32.1 Å². The average molecular weight is 238 g/mol. The van der Waals surface area contributed by atoms with E-state index in [1.807, 2.05) is 0 Å². The first-order chi connectivity index (χ1) is 8.42. The van der Waals surface area contributed by atoms with E-state index in [0.717, 1.165) is 38.1 Å². The van der Waals surface area contributed by atoms with Crippen LogP contribution in [-0.2, 0) is 4.74 Å². The van der Waals surface area contributed by atoms with Crippen molar-refractivity contribution in [3.63, 3.8) is 0 Å². The maximum atomic E-state index is 5.99. The zero-order valence-corrected chi connectivity index (χ0v) is 10.9. The van der Waals surface area contributed by atoms with Crippen LogP contribution in [0.3, 0.4) is 0 Å². The Bertz CT molecular complexity index is 228. The Morgan fingerprint density at radius 2 is 1.71 bits per heavy atom. The zero-order chi connectivity index (χ0) is 11.5. The quantitative estimate of drug-likeness (QED) is 0.803. The van der Waals surface area contributed by atoms with Crippen LogP contribution in [0.4, 0.5) is 0 Å². The normalized spacial score (nSPS) is 35.3. The Morgan fingerprint density at radius 3 is 2.41 bits per heavy atom. The fourth-order valence-electron chi connectivity index (χ4n) is 3.83. The van der Waals surface area contributed by atoms with E-state index in [1.54, 1.807) is 0 Å². The van der Waals surface area contributed by atoms with E-state index >= 15 is 0 Å². The maximum absolute atomic E-state index is 5.99. The molecule has 0 spiro atoms. The third-order valence-electron chi connectivity index (χ3n) is 4.85. The molecule has 2 saturated heterocycles. The van der Waals surface area contributed by atoms with Crippen molar-refractivity contribution < 1.29 is 4.74 Å². The molecule has 1 N–H and O–H groups in total. The predicted molar refractivity (Wildman–Crippen MR) is 69.1 cm³/mol. The summed E-state index contributed by atoms with van der Waals surface area (Å²) in [7, 11) is 0. The van der Waals surface area contributed by atoms with Crippen molar-refractivity contribution in [2.45, 2.75) is 38.2 Å². The van der Waals surface area contributed by atoms with Gasteiger partial charge in [0.2, 0.25) is 0 Å². The molecule has 0 aromatic carbocycles. The number of nitrogens with zero attached hydrogens (tertiary/aromatic N) is 1. The second-order valence-corrected chi connectivity index (χ2v) is 6.03. The monoisotopic (exact) mass is 238 g/mol. The molecule has 2 aliphatic heterocycles. The van der Waals surface area contributed by atoms with Crippen LogP contribution in [0.15, 0.2) is 0 Å². The summed E-state index contributed by atoms with van der Waals surface area (Å²) in [5.74, 6) is 2.04. The molecule has 2 atom stereocenters. The van der Waals surface area contributed by atoms with Gasteiger partial charge in [0.05, 0.1) is 12.7 Å². The lowest BCUT2D eigenvalue weighted by molar-refractivity contribution is 0.0221. The molecule has 3 nitrogen and oxygen atoms in total. The summed E-state index contributed by atoms with van der Waals surface area (Å²) in [6.07, 6.45) is 7.37. The second kappa shape index (κ2) is 5.68. The minimum Gasteiger partial charge on any atom is -0.377 e. The number of likely N-dealkylation sites (tertiary alicyclic amines) is 1. The molecule has 3 rings (SSSR count). The standard InChI is InChI=1S/C14H26N2O/c1-2-12-10-16(11-13(12)3-1)8-9-17-14-4-6-15-7-5-14/h12-15H,1-11H2. The average Bonchev–Trinajstić information content (AvgIpc) is 2.91. The summed E-state index contributed by atoms with van der Waals surface area (Å²) >= 11 is 0. The third-order valence-corrected chi connectivity index (χ3v) is 4.85. The highest BCUT2D eigenvalue weighted by Crippen LogP contribution is 2.37. The Morgan fingerprint density at radius 1 is 1.00 bits per heavy atom. The van der Waals surface area contributed by atoms with Gasteiger partial charge in [0.1, 0.15) is 0 Å².